The summed E-state index contributed by atoms with van der Waals surface area (Å²) >= 11 is 0. The Balaban J connectivity index is 2.39. The first kappa shape index (κ1) is 11.6. The first-order valence-electron chi connectivity index (χ1n) is 5.67. The predicted octanol–water partition coefficient (Wildman–Crippen LogP) is 2.46. The zero-order valence-corrected chi connectivity index (χ0v) is 10.7. The predicted molar refractivity (Wildman–Crippen MR) is 69.2 cm³/mol. The number of rotatable bonds is 1. The molecule has 0 saturated carbocycles. The lowest BCUT2D eigenvalue weighted by Gasteiger charge is -2.18. The quantitative estimate of drug-likeness (QED) is 0.818. The van der Waals surface area contributed by atoms with Crippen molar-refractivity contribution in [3.8, 4) is 5.82 Å². The van der Waals surface area contributed by atoms with Crippen LogP contribution in [0.3, 0.4) is 0 Å². The summed E-state index contributed by atoms with van der Waals surface area (Å²) in [7, 11) is 0. The van der Waals surface area contributed by atoms with E-state index in [1.807, 2.05) is 25.3 Å². The van der Waals surface area contributed by atoms with Gasteiger partial charge in [0, 0.05) is 18.0 Å². The minimum absolute atomic E-state index is 0.115. The van der Waals surface area contributed by atoms with Crippen molar-refractivity contribution in [1.29, 1.82) is 0 Å². The fourth-order valence-corrected chi connectivity index (χ4v) is 1.69. The topological polar surface area (TPSA) is 56.7 Å². The summed E-state index contributed by atoms with van der Waals surface area (Å²) in [4.78, 5) is 4.43. The largest absolute Gasteiger partial charge is 0.382 e. The highest BCUT2D eigenvalue weighted by molar-refractivity contribution is 5.36. The number of hydrogen-bond acceptors (Lipinski definition) is 3. The molecule has 2 aromatic heterocycles. The highest BCUT2D eigenvalue weighted by atomic mass is 15.3. The van der Waals surface area contributed by atoms with E-state index < -0.39 is 0 Å². The van der Waals surface area contributed by atoms with E-state index in [1.165, 1.54) is 5.56 Å². The van der Waals surface area contributed by atoms with E-state index in [9.17, 15) is 0 Å². The standard InChI is InChI=1S/C13H18N4/c1-9-7-11(14)16-17(9)12-6-5-10(8-15-12)13(2,3)4/h5-8H,1-4H3,(H2,14,16). The molecule has 2 N–H and O–H groups in total. The molecule has 0 bridgehead atoms. The molecule has 0 radical (unpaired) electrons. The summed E-state index contributed by atoms with van der Waals surface area (Å²) in [6.45, 7) is 8.46. The monoisotopic (exact) mass is 230 g/mol. The maximum Gasteiger partial charge on any atom is 0.153 e. The highest BCUT2D eigenvalue weighted by Crippen LogP contribution is 2.22. The van der Waals surface area contributed by atoms with Gasteiger partial charge in [-0.25, -0.2) is 9.67 Å². The Morgan fingerprint density at radius 2 is 1.94 bits per heavy atom. The molecular weight excluding hydrogens is 212 g/mol. The summed E-state index contributed by atoms with van der Waals surface area (Å²) in [5, 5.41) is 4.20. The summed E-state index contributed by atoms with van der Waals surface area (Å²) in [5.74, 6) is 1.32. The molecule has 4 heteroatoms. The van der Waals surface area contributed by atoms with E-state index in [4.69, 9.17) is 5.73 Å². The van der Waals surface area contributed by atoms with Crippen molar-refractivity contribution in [2.75, 3.05) is 5.73 Å². The van der Waals surface area contributed by atoms with Crippen molar-refractivity contribution < 1.29 is 0 Å². The van der Waals surface area contributed by atoms with Gasteiger partial charge in [0.05, 0.1) is 0 Å². The van der Waals surface area contributed by atoms with E-state index in [2.05, 4.69) is 36.9 Å². The van der Waals surface area contributed by atoms with Crippen molar-refractivity contribution >= 4 is 5.82 Å². The average Bonchev–Trinajstić information content (AvgIpc) is 2.57. The lowest BCUT2D eigenvalue weighted by Crippen LogP contribution is -2.12. The van der Waals surface area contributed by atoms with Gasteiger partial charge in [0.2, 0.25) is 0 Å². The molecule has 0 aromatic carbocycles. The maximum atomic E-state index is 5.66. The zero-order chi connectivity index (χ0) is 12.6. The Morgan fingerprint density at radius 3 is 2.35 bits per heavy atom. The highest BCUT2D eigenvalue weighted by Gasteiger charge is 2.14. The molecule has 0 spiro atoms. The third-order valence-corrected chi connectivity index (χ3v) is 2.74. The van der Waals surface area contributed by atoms with Crippen LogP contribution in [0.2, 0.25) is 0 Å². The molecular formula is C13H18N4. The lowest BCUT2D eigenvalue weighted by atomic mass is 9.88. The Kier molecular flexibility index (Phi) is 2.65. The molecule has 4 nitrogen and oxygen atoms in total. The molecule has 0 unspecified atom stereocenters. The summed E-state index contributed by atoms with van der Waals surface area (Å²) in [6, 6.07) is 5.89. The van der Waals surface area contributed by atoms with Crippen molar-refractivity contribution in [1.82, 2.24) is 14.8 Å². The van der Waals surface area contributed by atoms with Crippen molar-refractivity contribution in [2.24, 2.45) is 0 Å². The Morgan fingerprint density at radius 1 is 1.24 bits per heavy atom. The zero-order valence-electron chi connectivity index (χ0n) is 10.7. The molecule has 17 heavy (non-hydrogen) atoms. The van der Waals surface area contributed by atoms with Gasteiger partial charge < -0.3 is 5.73 Å². The molecule has 0 aliphatic carbocycles. The number of aryl methyl sites for hydroxylation is 1. The molecule has 90 valence electrons. The number of pyridine rings is 1. The first-order chi connectivity index (χ1) is 7.88. The molecule has 2 rings (SSSR count). The average molecular weight is 230 g/mol. The number of aromatic nitrogens is 3. The minimum atomic E-state index is 0.115. The van der Waals surface area contributed by atoms with Gasteiger partial charge in [-0.2, -0.15) is 0 Å². The first-order valence-corrected chi connectivity index (χ1v) is 5.67. The summed E-state index contributed by atoms with van der Waals surface area (Å²) < 4.78 is 1.75. The Bertz CT molecular complexity index is 517. The fourth-order valence-electron chi connectivity index (χ4n) is 1.69. The second-order valence-electron chi connectivity index (χ2n) is 5.28. The van der Waals surface area contributed by atoms with Gasteiger partial charge in [-0.15, -0.1) is 5.10 Å². The molecule has 0 amide bonds. The summed E-state index contributed by atoms with van der Waals surface area (Å²) in [5.41, 5.74) is 7.96. The van der Waals surface area contributed by atoms with Crippen LogP contribution in [0.4, 0.5) is 5.82 Å². The van der Waals surface area contributed by atoms with Gasteiger partial charge in [0.1, 0.15) is 5.82 Å². The molecule has 0 atom stereocenters. The molecule has 0 fully saturated rings. The van der Waals surface area contributed by atoms with E-state index in [0.717, 1.165) is 11.5 Å². The van der Waals surface area contributed by atoms with Gasteiger partial charge in [-0.1, -0.05) is 26.8 Å². The van der Waals surface area contributed by atoms with E-state index >= 15 is 0 Å². The van der Waals surface area contributed by atoms with Gasteiger partial charge in [-0.05, 0) is 24.0 Å². The van der Waals surface area contributed by atoms with Crippen LogP contribution in [-0.2, 0) is 5.41 Å². The van der Waals surface area contributed by atoms with Crippen LogP contribution in [0.15, 0.2) is 24.4 Å². The second kappa shape index (κ2) is 3.87. The smallest absolute Gasteiger partial charge is 0.153 e. The normalized spacial score (nSPS) is 11.8. The number of anilines is 1. The molecule has 0 aliphatic heterocycles. The third-order valence-electron chi connectivity index (χ3n) is 2.74. The van der Waals surface area contributed by atoms with Crippen LogP contribution in [0, 0.1) is 6.92 Å². The van der Waals surface area contributed by atoms with Crippen LogP contribution >= 0.6 is 0 Å². The van der Waals surface area contributed by atoms with Crippen LogP contribution in [0.25, 0.3) is 5.82 Å². The van der Waals surface area contributed by atoms with Crippen LogP contribution < -0.4 is 5.73 Å². The third kappa shape index (κ3) is 2.30. The van der Waals surface area contributed by atoms with Crippen LogP contribution in [0.1, 0.15) is 32.0 Å². The number of nitrogen functional groups attached to an aromatic ring is 1. The lowest BCUT2D eigenvalue weighted by molar-refractivity contribution is 0.586. The fraction of sp³-hybridized carbons (Fsp3) is 0.385. The molecule has 2 aromatic rings. The number of nitrogens with zero attached hydrogens (tertiary/aromatic N) is 3. The SMILES string of the molecule is Cc1cc(N)nn1-c1ccc(C(C)(C)C)cn1. The molecule has 0 aliphatic rings. The Labute approximate surface area is 101 Å². The van der Waals surface area contributed by atoms with Gasteiger partial charge in [0.25, 0.3) is 0 Å². The van der Waals surface area contributed by atoms with E-state index in [1.54, 1.807) is 4.68 Å². The van der Waals surface area contributed by atoms with E-state index in [0.29, 0.717) is 5.82 Å². The maximum absolute atomic E-state index is 5.66. The van der Waals surface area contributed by atoms with E-state index in [-0.39, 0.29) is 5.41 Å². The van der Waals surface area contributed by atoms with Crippen LogP contribution in [-0.4, -0.2) is 14.8 Å². The van der Waals surface area contributed by atoms with Crippen molar-refractivity contribution in [3.63, 3.8) is 0 Å². The van der Waals surface area contributed by atoms with Crippen molar-refractivity contribution in [2.45, 2.75) is 33.1 Å². The Hall–Kier alpha value is -1.84. The van der Waals surface area contributed by atoms with Gasteiger partial charge in [-0.3, -0.25) is 0 Å². The molecule has 2 heterocycles. The summed E-state index contributed by atoms with van der Waals surface area (Å²) in [6.07, 6.45) is 1.90. The number of nitrogens with two attached hydrogens (primary N) is 1. The number of hydrogen-bond donors (Lipinski definition) is 1. The van der Waals surface area contributed by atoms with Crippen molar-refractivity contribution in [3.05, 3.63) is 35.7 Å². The minimum Gasteiger partial charge on any atom is -0.382 e. The van der Waals surface area contributed by atoms with Gasteiger partial charge in [0.15, 0.2) is 5.82 Å². The molecule has 0 saturated heterocycles. The van der Waals surface area contributed by atoms with Gasteiger partial charge >= 0.3 is 0 Å². The van der Waals surface area contributed by atoms with Crippen LogP contribution in [0.5, 0.6) is 0 Å². The second-order valence-corrected chi connectivity index (χ2v) is 5.28.